The third-order valence-corrected chi connectivity index (χ3v) is 2.47. The summed E-state index contributed by atoms with van der Waals surface area (Å²) < 4.78 is 5.79. The largest absolute Gasteiger partial charge is 0.508 e. The standard InChI is InChI=1S/C11H15NO2/c1-8-6-9(13)2-3-11(8)14-10-4-5-12-7-10/h2-3,6,10,12-13H,4-5,7H2,1H3. The van der Waals surface area contributed by atoms with E-state index in [1.54, 1.807) is 12.1 Å². The van der Waals surface area contributed by atoms with E-state index < -0.39 is 0 Å². The van der Waals surface area contributed by atoms with Gasteiger partial charge in [-0.25, -0.2) is 0 Å². The van der Waals surface area contributed by atoms with Gasteiger partial charge >= 0.3 is 0 Å². The Kier molecular flexibility index (Phi) is 2.59. The van der Waals surface area contributed by atoms with Crippen LogP contribution in [0.25, 0.3) is 0 Å². The maximum absolute atomic E-state index is 9.23. The molecule has 0 bridgehead atoms. The van der Waals surface area contributed by atoms with E-state index in [-0.39, 0.29) is 6.10 Å². The first-order chi connectivity index (χ1) is 6.75. The molecule has 1 atom stereocenters. The Morgan fingerprint density at radius 2 is 2.36 bits per heavy atom. The van der Waals surface area contributed by atoms with Gasteiger partial charge < -0.3 is 15.2 Å². The molecular weight excluding hydrogens is 178 g/mol. The molecule has 3 nitrogen and oxygen atoms in total. The van der Waals surface area contributed by atoms with Crippen molar-refractivity contribution in [2.75, 3.05) is 13.1 Å². The summed E-state index contributed by atoms with van der Waals surface area (Å²) in [6.45, 7) is 3.89. The lowest BCUT2D eigenvalue weighted by molar-refractivity contribution is 0.221. The molecule has 1 aliphatic rings. The van der Waals surface area contributed by atoms with Crippen LogP contribution in [0.2, 0.25) is 0 Å². The molecule has 1 heterocycles. The van der Waals surface area contributed by atoms with E-state index in [0.29, 0.717) is 5.75 Å². The minimum Gasteiger partial charge on any atom is -0.508 e. The van der Waals surface area contributed by atoms with Crippen LogP contribution < -0.4 is 10.1 Å². The minimum absolute atomic E-state index is 0.276. The summed E-state index contributed by atoms with van der Waals surface area (Å²) in [4.78, 5) is 0. The van der Waals surface area contributed by atoms with Crippen molar-refractivity contribution in [3.8, 4) is 11.5 Å². The van der Waals surface area contributed by atoms with Crippen LogP contribution in [0.1, 0.15) is 12.0 Å². The number of rotatable bonds is 2. The van der Waals surface area contributed by atoms with Gasteiger partial charge in [0.1, 0.15) is 17.6 Å². The average molecular weight is 193 g/mol. The van der Waals surface area contributed by atoms with Gasteiger partial charge in [0.05, 0.1) is 0 Å². The summed E-state index contributed by atoms with van der Waals surface area (Å²) >= 11 is 0. The van der Waals surface area contributed by atoms with E-state index in [0.717, 1.165) is 30.8 Å². The Morgan fingerprint density at radius 1 is 1.50 bits per heavy atom. The van der Waals surface area contributed by atoms with Crippen LogP contribution in [-0.2, 0) is 0 Å². The molecule has 0 aromatic heterocycles. The summed E-state index contributed by atoms with van der Waals surface area (Å²) in [5.41, 5.74) is 0.983. The summed E-state index contributed by atoms with van der Waals surface area (Å²) in [5.74, 6) is 1.16. The monoisotopic (exact) mass is 193 g/mol. The van der Waals surface area contributed by atoms with E-state index in [2.05, 4.69) is 5.32 Å². The van der Waals surface area contributed by atoms with Crippen molar-refractivity contribution < 1.29 is 9.84 Å². The van der Waals surface area contributed by atoms with Crippen molar-refractivity contribution in [1.29, 1.82) is 0 Å². The number of hydrogen-bond donors (Lipinski definition) is 2. The highest BCUT2D eigenvalue weighted by Gasteiger charge is 2.16. The predicted molar refractivity (Wildman–Crippen MR) is 54.7 cm³/mol. The molecule has 14 heavy (non-hydrogen) atoms. The molecule has 1 saturated heterocycles. The summed E-state index contributed by atoms with van der Waals surface area (Å²) in [7, 11) is 0. The summed E-state index contributed by atoms with van der Waals surface area (Å²) in [6, 6.07) is 5.20. The van der Waals surface area contributed by atoms with E-state index in [1.165, 1.54) is 0 Å². The van der Waals surface area contributed by atoms with Gasteiger partial charge in [-0.2, -0.15) is 0 Å². The molecule has 1 fully saturated rings. The zero-order chi connectivity index (χ0) is 9.97. The molecule has 0 radical (unpaired) electrons. The van der Waals surface area contributed by atoms with Gasteiger partial charge in [-0.1, -0.05) is 0 Å². The number of ether oxygens (including phenoxy) is 1. The van der Waals surface area contributed by atoms with Crippen LogP contribution in [-0.4, -0.2) is 24.3 Å². The second kappa shape index (κ2) is 3.88. The van der Waals surface area contributed by atoms with E-state index in [4.69, 9.17) is 4.74 Å². The van der Waals surface area contributed by atoms with Crippen LogP contribution in [0.15, 0.2) is 18.2 Å². The molecule has 0 spiro atoms. The average Bonchev–Trinajstić information content (AvgIpc) is 2.62. The number of phenols is 1. The molecule has 1 aromatic carbocycles. The molecule has 0 amide bonds. The van der Waals surface area contributed by atoms with Crippen molar-refractivity contribution in [1.82, 2.24) is 5.32 Å². The second-order valence-corrected chi connectivity index (χ2v) is 3.68. The number of aromatic hydroxyl groups is 1. The minimum atomic E-state index is 0.276. The van der Waals surface area contributed by atoms with Gasteiger partial charge in [0.2, 0.25) is 0 Å². The van der Waals surface area contributed by atoms with E-state index >= 15 is 0 Å². The Morgan fingerprint density at radius 3 is 3.00 bits per heavy atom. The topological polar surface area (TPSA) is 41.5 Å². The zero-order valence-corrected chi connectivity index (χ0v) is 8.29. The summed E-state index contributed by atoms with van der Waals surface area (Å²) in [6.07, 6.45) is 1.33. The van der Waals surface area contributed by atoms with Gasteiger partial charge in [0, 0.05) is 6.54 Å². The summed E-state index contributed by atoms with van der Waals surface area (Å²) in [5, 5.41) is 12.5. The van der Waals surface area contributed by atoms with Crippen molar-refractivity contribution >= 4 is 0 Å². The Hall–Kier alpha value is -1.22. The van der Waals surface area contributed by atoms with Crippen molar-refractivity contribution in [2.45, 2.75) is 19.4 Å². The van der Waals surface area contributed by atoms with Gasteiger partial charge in [0.15, 0.2) is 0 Å². The molecule has 1 aliphatic heterocycles. The lowest BCUT2D eigenvalue weighted by Gasteiger charge is -2.14. The second-order valence-electron chi connectivity index (χ2n) is 3.68. The molecule has 1 aromatic rings. The van der Waals surface area contributed by atoms with Gasteiger partial charge in [-0.05, 0) is 43.7 Å². The smallest absolute Gasteiger partial charge is 0.122 e. The molecule has 0 aliphatic carbocycles. The Labute approximate surface area is 83.7 Å². The fraction of sp³-hybridized carbons (Fsp3) is 0.455. The fourth-order valence-electron chi connectivity index (χ4n) is 1.67. The maximum atomic E-state index is 9.23. The highest BCUT2D eigenvalue weighted by atomic mass is 16.5. The highest BCUT2D eigenvalue weighted by Crippen LogP contribution is 2.24. The SMILES string of the molecule is Cc1cc(O)ccc1OC1CCNC1. The molecule has 0 saturated carbocycles. The van der Waals surface area contributed by atoms with E-state index in [1.807, 2.05) is 13.0 Å². The van der Waals surface area contributed by atoms with Crippen molar-refractivity contribution in [3.63, 3.8) is 0 Å². The van der Waals surface area contributed by atoms with Crippen LogP contribution in [0.3, 0.4) is 0 Å². The first-order valence-electron chi connectivity index (χ1n) is 4.93. The first-order valence-corrected chi connectivity index (χ1v) is 4.93. The number of hydrogen-bond acceptors (Lipinski definition) is 3. The number of aryl methyl sites for hydroxylation is 1. The predicted octanol–water partition coefficient (Wildman–Crippen LogP) is 1.44. The molecular formula is C11H15NO2. The molecule has 2 rings (SSSR count). The number of phenolic OH excluding ortho intramolecular Hbond substituents is 1. The fourth-order valence-corrected chi connectivity index (χ4v) is 1.67. The molecule has 2 N–H and O–H groups in total. The number of benzene rings is 1. The number of nitrogens with one attached hydrogen (secondary N) is 1. The Bertz CT molecular complexity index is 319. The Balaban J connectivity index is 2.08. The van der Waals surface area contributed by atoms with Gasteiger partial charge in [0.25, 0.3) is 0 Å². The zero-order valence-electron chi connectivity index (χ0n) is 8.29. The molecule has 3 heteroatoms. The van der Waals surface area contributed by atoms with Crippen molar-refractivity contribution in [2.24, 2.45) is 0 Å². The molecule has 76 valence electrons. The third kappa shape index (κ3) is 1.99. The van der Waals surface area contributed by atoms with Crippen LogP contribution in [0, 0.1) is 6.92 Å². The lowest BCUT2D eigenvalue weighted by atomic mass is 10.2. The normalized spacial score (nSPS) is 21.1. The highest BCUT2D eigenvalue weighted by molar-refractivity contribution is 5.38. The maximum Gasteiger partial charge on any atom is 0.122 e. The molecule has 1 unspecified atom stereocenters. The van der Waals surface area contributed by atoms with Crippen LogP contribution >= 0.6 is 0 Å². The first kappa shape index (κ1) is 9.34. The van der Waals surface area contributed by atoms with Gasteiger partial charge in [-0.3, -0.25) is 0 Å². The third-order valence-electron chi connectivity index (χ3n) is 2.47. The van der Waals surface area contributed by atoms with E-state index in [9.17, 15) is 5.11 Å². The van der Waals surface area contributed by atoms with Crippen molar-refractivity contribution in [3.05, 3.63) is 23.8 Å². The van der Waals surface area contributed by atoms with Crippen LogP contribution in [0.4, 0.5) is 0 Å². The quantitative estimate of drug-likeness (QED) is 0.746. The lowest BCUT2D eigenvalue weighted by Crippen LogP contribution is -2.19. The van der Waals surface area contributed by atoms with Crippen LogP contribution in [0.5, 0.6) is 11.5 Å². The van der Waals surface area contributed by atoms with Gasteiger partial charge in [-0.15, -0.1) is 0 Å².